The number of aromatic amines is 1. The Morgan fingerprint density at radius 1 is 1.30 bits per heavy atom. The lowest BCUT2D eigenvalue weighted by Crippen LogP contribution is -2.52. The van der Waals surface area contributed by atoms with Gasteiger partial charge in [0, 0.05) is 29.8 Å². The summed E-state index contributed by atoms with van der Waals surface area (Å²) in [6.45, 7) is 4.54. The van der Waals surface area contributed by atoms with E-state index >= 15 is 0 Å². The molecule has 2 aromatic rings. The van der Waals surface area contributed by atoms with Crippen molar-refractivity contribution >= 4 is 22.5 Å². The fourth-order valence-electron chi connectivity index (χ4n) is 4.15. The minimum absolute atomic E-state index is 0.177. The normalized spacial score (nSPS) is 28.0. The monoisotopic (exact) mass is 334 g/mol. The van der Waals surface area contributed by atoms with Gasteiger partial charge in [-0.15, -0.1) is 0 Å². The zero-order chi connectivity index (χ0) is 16.0. The summed E-state index contributed by atoms with van der Waals surface area (Å²) in [5.41, 5.74) is 2.16. The van der Waals surface area contributed by atoms with Gasteiger partial charge < -0.3 is 14.5 Å². The third-order valence-corrected chi connectivity index (χ3v) is 5.82. The molecule has 0 radical (unpaired) electrons. The maximum Gasteiger partial charge on any atom is 0.174 e. The number of hydrogen-bond donors (Lipinski definition) is 1. The van der Waals surface area contributed by atoms with Gasteiger partial charge >= 0.3 is 0 Å². The lowest BCUT2D eigenvalue weighted by atomic mass is 9.83. The number of ether oxygens (including phenoxy) is 2. The van der Waals surface area contributed by atoms with E-state index in [1.54, 1.807) is 0 Å². The first kappa shape index (κ1) is 15.5. The highest BCUT2D eigenvalue weighted by Crippen LogP contribution is 2.46. The molecule has 0 saturated carbocycles. The van der Waals surface area contributed by atoms with E-state index in [1.165, 1.54) is 0 Å². The van der Waals surface area contributed by atoms with Crippen molar-refractivity contribution in [3.8, 4) is 0 Å². The number of halogens is 1. The fraction of sp³-hybridized carbons (Fsp3) is 0.556. The van der Waals surface area contributed by atoms with Gasteiger partial charge in [0.2, 0.25) is 0 Å². The van der Waals surface area contributed by atoms with E-state index in [0.717, 1.165) is 41.0 Å². The number of hydrogen-bond acceptors (Lipinski definition) is 3. The largest absolute Gasteiger partial charge is 0.356 e. The minimum atomic E-state index is -0.452. The van der Waals surface area contributed by atoms with Crippen LogP contribution in [0, 0.1) is 5.92 Å². The third-order valence-electron chi connectivity index (χ3n) is 5.41. The summed E-state index contributed by atoms with van der Waals surface area (Å²) < 4.78 is 12.2. The molecule has 0 amide bonds. The molecular formula is C18H23ClN2O2. The molecule has 2 fully saturated rings. The zero-order valence-corrected chi connectivity index (χ0v) is 14.4. The number of rotatable bonds is 2. The van der Waals surface area contributed by atoms with E-state index in [-0.39, 0.29) is 6.04 Å². The van der Waals surface area contributed by atoms with E-state index in [2.05, 4.69) is 36.0 Å². The second kappa shape index (κ2) is 5.78. The molecule has 2 aliphatic heterocycles. The van der Waals surface area contributed by atoms with Crippen molar-refractivity contribution in [2.45, 2.75) is 31.6 Å². The quantitative estimate of drug-likeness (QED) is 0.903. The van der Waals surface area contributed by atoms with E-state index in [0.29, 0.717) is 19.1 Å². The summed E-state index contributed by atoms with van der Waals surface area (Å²) in [6.07, 6.45) is 1.87. The van der Waals surface area contributed by atoms with Gasteiger partial charge in [0.25, 0.3) is 0 Å². The number of benzene rings is 1. The van der Waals surface area contributed by atoms with Gasteiger partial charge in [0.15, 0.2) is 5.79 Å². The number of fused-ring (bicyclic) bond motifs is 1. The predicted octanol–water partition coefficient (Wildman–Crippen LogP) is 3.97. The molecule has 1 spiro atoms. The van der Waals surface area contributed by atoms with Crippen LogP contribution in [0.15, 0.2) is 24.3 Å². The van der Waals surface area contributed by atoms with Gasteiger partial charge in [0.1, 0.15) is 0 Å². The molecule has 3 heterocycles. The second-order valence-corrected chi connectivity index (χ2v) is 7.05. The average molecular weight is 335 g/mol. The van der Waals surface area contributed by atoms with Crippen molar-refractivity contribution in [2.75, 3.05) is 26.8 Å². The van der Waals surface area contributed by atoms with Crippen LogP contribution in [-0.4, -0.2) is 42.5 Å². The first-order valence-corrected chi connectivity index (χ1v) is 8.76. The summed E-state index contributed by atoms with van der Waals surface area (Å²) in [6, 6.07) is 8.36. The fourth-order valence-corrected chi connectivity index (χ4v) is 4.49. The molecule has 1 N–H and O–H groups in total. The molecule has 124 valence electrons. The number of nitrogens with zero attached hydrogens (tertiary/aromatic N) is 1. The Morgan fingerprint density at radius 2 is 2.04 bits per heavy atom. The first-order chi connectivity index (χ1) is 11.1. The second-order valence-electron chi connectivity index (χ2n) is 6.67. The summed E-state index contributed by atoms with van der Waals surface area (Å²) >= 11 is 6.68. The number of likely N-dealkylation sites (tertiary alicyclic amines) is 1. The van der Waals surface area contributed by atoms with E-state index in [9.17, 15) is 0 Å². The van der Waals surface area contributed by atoms with Crippen LogP contribution in [0.3, 0.4) is 0 Å². The summed E-state index contributed by atoms with van der Waals surface area (Å²) in [7, 11) is 2.16. The van der Waals surface area contributed by atoms with Crippen LogP contribution in [0.25, 0.3) is 10.9 Å². The van der Waals surface area contributed by atoms with Crippen LogP contribution in [0.5, 0.6) is 0 Å². The number of nitrogens with one attached hydrogen (secondary N) is 1. The van der Waals surface area contributed by atoms with Crippen molar-refractivity contribution in [3.05, 3.63) is 35.0 Å². The Balaban J connectivity index is 1.73. The van der Waals surface area contributed by atoms with Gasteiger partial charge in [-0.1, -0.05) is 36.7 Å². The Kier molecular flexibility index (Phi) is 3.88. The third kappa shape index (κ3) is 2.40. The summed E-state index contributed by atoms with van der Waals surface area (Å²) in [5, 5.41) is 1.90. The lowest BCUT2D eigenvalue weighted by molar-refractivity contribution is -0.231. The lowest BCUT2D eigenvalue weighted by Gasteiger charge is -2.47. The maximum absolute atomic E-state index is 6.68. The Hall–Kier alpha value is -1.07. The zero-order valence-electron chi connectivity index (χ0n) is 13.6. The minimum Gasteiger partial charge on any atom is -0.356 e. The average Bonchev–Trinajstić information content (AvgIpc) is 3.16. The predicted molar refractivity (Wildman–Crippen MR) is 91.7 cm³/mol. The first-order valence-electron chi connectivity index (χ1n) is 8.39. The van der Waals surface area contributed by atoms with Crippen molar-refractivity contribution < 1.29 is 9.47 Å². The highest BCUT2D eigenvalue weighted by atomic mass is 35.5. The van der Waals surface area contributed by atoms with Gasteiger partial charge in [-0.05, 0) is 19.5 Å². The molecule has 4 rings (SSSR count). The molecule has 0 bridgehead atoms. The Labute approximate surface area is 141 Å². The van der Waals surface area contributed by atoms with Gasteiger partial charge in [-0.25, -0.2) is 0 Å². The van der Waals surface area contributed by atoms with Crippen LogP contribution >= 0.6 is 11.6 Å². The summed E-state index contributed by atoms with van der Waals surface area (Å²) in [5.74, 6) is -0.0542. The highest BCUT2D eigenvalue weighted by molar-refractivity contribution is 6.36. The van der Waals surface area contributed by atoms with Crippen LogP contribution in [-0.2, 0) is 9.47 Å². The van der Waals surface area contributed by atoms with Gasteiger partial charge in [-0.3, -0.25) is 4.90 Å². The number of piperidine rings is 1. The molecule has 1 aromatic heterocycles. The molecular weight excluding hydrogens is 312 g/mol. The molecule has 0 aliphatic carbocycles. The standard InChI is InChI=1S/C18H23ClN2O2/c1-3-12-11-21(2)15(10-18(12)22-8-9-23-18)17-16(19)13-6-4-5-7-14(13)20-17/h4-7,12,15,20H,3,8-11H2,1-2H3/t12-,15-/m0/s1. The summed E-state index contributed by atoms with van der Waals surface area (Å²) in [4.78, 5) is 5.89. The van der Waals surface area contributed by atoms with E-state index < -0.39 is 5.79 Å². The van der Waals surface area contributed by atoms with Crippen molar-refractivity contribution in [1.82, 2.24) is 9.88 Å². The molecule has 1 aromatic carbocycles. The molecule has 4 nitrogen and oxygen atoms in total. The molecule has 23 heavy (non-hydrogen) atoms. The van der Waals surface area contributed by atoms with Crippen LogP contribution in [0.2, 0.25) is 5.02 Å². The maximum atomic E-state index is 6.68. The number of H-pyrrole nitrogens is 1. The van der Waals surface area contributed by atoms with Gasteiger partial charge in [0.05, 0.1) is 30.0 Å². The van der Waals surface area contributed by atoms with Crippen molar-refractivity contribution in [3.63, 3.8) is 0 Å². The molecule has 2 saturated heterocycles. The van der Waals surface area contributed by atoms with E-state index in [4.69, 9.17) is 21.1 Å². The van der Waals surface area contributed by atoms with Crippen LogP contribution in [0.1, 0.15) is 31.5 Å². The topological polar surface area (TPSA) is 37.5 Å². The molecule has 5 heteroatoms. The van der Waals surface area contributed by atoms with Crippen molar-refractivity contribution in [1.29, 1.82) is 0 Å². The molecule has 0 unspecified atom stereocenters. The molecule has 2 atom stereocenters. The Bertz CT molecular complexity index is 708. The van der Waals surface area contributed by atoms with Crippen molar-refractivity contribution in [2.24, 2.45) is 5.92 Å². The number of para-hydroxylation sites is 1. The number of aromatic nitrogens is 1. The Morgan fingerprint density at radius 3 is 2.74 bits per heavy atom. The van der Waals surface area contributed by atoms with E-state index in [1.807, 2.05) is 12.1 Å². The van der Waals surface area contributed by atoms with Crippen LogP contribution in [0.4, 0.5) is 0 Å². The molecule has 2 aliphatic rings. The van der Waals surface area contributed by atoms with Gasteiger partial charge in [-0.2, -0.15) is 0 Å². The smallest absolute Gasteiger partial charge is 0.174 e. The highest BCUT2D eigenvalue weighted by Gasteiger charge is 2.50. The van der Waals surface area contributed by atoms with Crippen LogP contribution < -0.4 is 0 Å². The SMILES string of the molecule is CC[C@H]1CN(C)[C@H](c2[nH]c3ccccc3c2Cl)CC12OCCO2.